The molecule has 0 bridgehead atoms. The molecule has 0 atom stereocenters. The molecule has 2 rings (SSSR count). The number of amides is 1. The Balaban J connectivity index is 1.76. The number of nitrogens with one attached hydrogen (secondary N) is 2. The van der Waals surface area contributed by atoms with Crippen LogP contribution in [0.3, 0.4) is 0 Å². The Morgan fingerprint density at radius 1 is 1.04 bits per heavy atom. The Labute approximate surface area is 144 Å². The van der Waals surface area contributed by atoms with E-state index in [4.69, 9.17) is 4.74 Å². The molecule has 8 heteroatoms. The lowest BCUT2D eigenvalue weighted by Gasteiger charge is -2.08. The van der Waals surface area contributed by atoms with Crippen LogP contribution in [0.1, 0.15) is 17.3 Å². The van der Waals surface area contributed by atoms with Crippen molar-refractivity contribution >= 4 is 23.3 Å². The molecular weight excluding hydrogens is 326 g/mol. The largest absolute Gasteiger partial charge is 0.427 e. The van der Waals surface area contributed by atoms with Gasteiger partial charge in [-0.2, -0.15) is 0 Å². The van der Waals surface area contributed by atoms with E-state index in [1.54, 1.807) is 36.4 Å². The third-order valence-corrected chi connectivity index (χ3v) is 3.20. The van der Waals surface area contributed by atoms with Gasteiger partial charge in [0.1, 0.15) is 5.75 Å². The topological polar surface area (TPSA) is 111 Å². The number of carbonyl (C=O) groups excluding carboxylic acids is 2. The van der Waals surface area contributed by atoms with Crippen molar-refractivity contribution in [1.29, 1.82) is 0 Å². The van der Waals surface area contributed by atoms with Gasteiger partial charge in [-0.25, -0.2) is 0 Å². The van der Waals surface area contributed by atoms with Gasteiger partial charge < -0.3 is 15.4 Å². The molecule has 0 heterocycles. The number of anilines is 1. The van der Waals surface area contributed by atoms with Crippen LogP contribution < -0.4 is 15.4 Å². The van der Waals surface area contributed by atoms with E-state index >= 15 is 0 Å². The Bertz CT molecular complexity index is 757. The molecular formula is C17H17N3O5. The van der Waals surface area contributed by atoms with Crippen molar-refractivity contribution in [3.05, 3.63) is 64.2 Å². The maximum atomic E-state index is 12.0. The smallest absolute Gasteiger partial charge is 0.308 e. The molecule has 25 heavy (non-hydrogen) atoms. The second kappa shape index (κ2) is 8.44. The lowest BCUT2D eigenvalue weighted by atomic mass is 10.2. The van der Waals surface area contributed by atoms with E-state index in [0.29, 0.717) is 24.4 Å². The van der Waals surface area contributed by atoms with Crippen LogP contribution in [0.15, 0.2) is 48.5 Å². The predicted octanol–water partition coefficient (Wildman–Crippen LogP) is 2.36. The van der Waals surface area contributed by atoms with Gasteiger partial charge >= 0.3 is 5.97 Å². The maximum Gasteiger partial charge on any atom is 0.308 e. The molecule has 2 N–H and O–H groups in total. The fraction of sp³-hybridized carbons (Fsp3) is 0.176. The van der Waals surface area contributed by atoms with Gasteiger partial charge in [0.15, 0.2) is 0 Å². The predicted molar refractivity (Wildman–Crippen MR) is 91.7 cm³/mol. The van der Waals surface area contributed by atoms with Crippen LogP contribution in [0, 0.1) is 10.1 Å². The first-order valence-corrected chi connectivity index (χ1v) is 7.51. The van der Waals surface area contributed by atoms with Gasteiger partial charge in [0, 0.05) is 43.4 Å². The van der Waals surface area contributed by atoms with Crippen LogP contribution in [-0.2, 0) is 4.79 Å². The molecule has 0 saturated heterocycles. The van der Waals surface area contributed by atoms with Gasteiger partial charge in [-0.15, -0.1) is 0 Å². The minimum atomic E-state index is -0.462. The number of nitrogens with zero attached hydrogens (tertiary/aromatic N) is 1. The van der Waals surface area contributed by atoms with E-state index in [1.807, 2.05) is 0 Å². The molecule has 0 aliphatic heterocycles. The molecule has 130 valence electrons. The molecule has 2 aromatic carbocycles. The number of hydrogen-bond donors (Lipinski definition) is 2. The zero-order chi connectivity index (χ0) is 18.2. The molecule has 0 fully saturated rings. The SMILES string of the molecule is CC(=O)Oc1ccc(C(=O)NCCNc2ccc([N+](=O)[O-])cc2)cc1. The molecule has 0 unspecified atom stereocenters. The van der Waals surface area contributed by atoms with Crippen molar-refractivity contribution in [3.8, 4) is 5.75 Å². The summed E-state index contributed by atoms with van der Waals surface area (Å²) in [5.41, 5.74) is 1.20. The zero-order valence-electron chi connectivity index (χ0n) is 13.5. The Kier molecular flexibility index (Phi) is 6.05. The normalized spacial score (nSPS) is 9.96. The summed E-state index contributed by atoms with van der Waals surface area (Å²) in [6.45, 7) is 2.15. The minimum absolute atomic E-state index is 0.0241. The van der Waals surface area contributed by atoms with Crippen molar-refractivity contribution in [2.45, 2.75) is 6.92 Å². The number of carbonyl (C=O) groups is 2. The van der Waals surface area contributed by atoms with Crippen LogP contribution in [0.4, 0.5) is 11.4 Å². The van der Waals surface area contributed by atoms with Crippen LogP contribution in [0.2, 0.25) is 0 Å². The maximum absolute atomic E-state index is 12.0. The first-order chi connectivity index (χ1) is 12.0. The second-order valence-corrected chi connectivity index (χ2v) is 5.10. The number of rotatable bonds is 7. The van der Waals surface area contributed by atoms with Crippen LogP contribution in [0.5, 0.6) is 5.75 Å². The monoisotopic (exact) mass is 343 g/mol. The summed E-state index contributed by atoms with van der Waals surface area (Å²) in [5.74, 6) is -0.293. The lowest BCUT2D eigenvalue weighted by molar-refractivity contribution is -0.384. The highest BCUT2D eigenvalue weighted by atomic mass is 16.6. The number of esters is 1. The Hall–Kier alpha value is -3.42. The highest BCUT2D eigenvalue weighted by molar-refractivity contribution is 5.94. The molecule has 0 radical (unpaired) electrons. The zero-order valence-corrected chi connectivity index (χ0v) is 13.5. The summed E-state index contributed by atoms with van der Waals surface area (Å²) in [6.07, 6.45) is 0. The number of non-ortho nitro benzene ring substituents is 1. The van der Waals surface area contributed by atoms with Crippen molar-refractivity contribution in [2.75, 3.05) is 18.4 Å². The quantitative estimate of drug-likeness (QED) is 0.262. The van der Waals surface area contributed by atoms with Crippen LogP contribution in [-0.4, -0.2) is 29.9 Å². The highest BCUT2D eigenvalue weighted by Gasteiger charge is 2.06. The third kappa shape index (κ3) is 5.61. The lowest BCUT2D eigenvalue weighted by Crippen LogP contribution is -2.28. The first kappa shape index (κ1) is 17.9. The van der Waals surface area contributed by atoms with E-state index in [-0.39, 0.29) is 11.6 Å². The van der Waals surface area contributed by atoms with E-state index in [2.05, 4.69) is 10.6 Å². The summed E-state index contributed by atoms with van der Waals surface area (Å²) in [6, 6.07) is 12.3. The minimum Gasteiger partial charge on any atom is -0.427 e. The van der Waals surface area contributed by atoms with Gasteiger partial charge in [-0.3, -0.25) is 19.7 Å². The second-order valence-electron chi connectivity index (χ2n) is 5.10. The molecule has 0 aromatic heterocycles. The number of hydrogen-bond acceptors (Lipinski definition) is 6. The summed E-state index contributed by atoms with van der Waals surface area (Å²) >= 11 is 0. The molecule has 8 nitrogen and oxygen atoms in total. The van der Waals surface area contributed by atoms with Gasteiger partial charge in [0.25, 0.3) is 11.6 Å². The Morgan fingerprint density at radius 2 is 1.68 bits per heavy atom. The third-order valence-electron chi connectivity index (χ3n) is 3.20. The van der Waals surface area contributed by atoms with E-state index in [1.165, 1.54) is 19.1 Å². The molecule has 0 aliphatic rings. The average molecular weight is 343 g/mol. The standard InChI is InChI=1S/C17H17N3O5/c1-12(21)25-16-8-2-13(3-9-16)17(22)19-11-10-18-14-4-6-15(7-5-14)20(23)24/h2-9,18H,10-11H2,1H3,(H,19,22). The number of benzene rings is 2. The van der Waals surface area contributed by atoms with Crippen molar-refractivity contribution in [3.63, 3.8) is 0 Å². The van der Waals surface area contributed by atoms with Crippen LogP contribution in [0.25, 0.3) is 0 Å². The molecule has 0 spiro atoms. The number of nitro groups is 1. The van der Waals surface area contributed by atoms with E-state index in [9.17, 15) is 19.7 Å². The van der Waals surface area contributed by atoms with Gasteiger partial charge in [-0.05, 0) is 36.4 Å². The first-order valence-electron chi connectivity index (χ1n) is 7.51. The van der Waals surface area contributed by atoms with Gasteiger partial charge in [0.2, 0.25) is 0 Å². The van der Waals surface area contributed by atoms with E-state index < -0.39 is 10.9 Å². The summed E-state index contributed by atoms with van der Waals surface area (Å²) in [4.78, 5) is 32.9. The van der Waals surface area contributed by atoms with Crippen molar-refractivity contribution in [2.24, 2.45) is 0 Å². The molecule has 0 saturated carbocycles. The summed E-state index contributed by atoms with van der Waals surface area (Å²) in [5, 5.41) is 16.4. The van der Waals surface area contributed by atoms with E-state index in [0.717, 1.165) is 5.69 Å². The number of nitro benzene ring substituents is 1. The summed E-state index contributed by atoms with van der Waals surface area (Å²) in [7, 11) is 0. The molecule has 1 amide bonds. The van der Waals surface area contributed by atoms with Crippen molar-refractivity contribution < 1.29 is 19.2 Å². The molecule has 0 aliphatic carbocycles. The Morgan fingerprint density at radius 3 is 2.24 bits per heavy atom. The van der Waals surface area contributed by atoms with Crippen molar-refractivity contribution in [1.82, 2.24) is 5.32 Å². The summed E-state index contributed by atoms with van der Waals surface area (Å²) < 4.78 is 4.90. The fourth-order valence-corrected chi connectivity index (χ4v) is 2.03. The number of ether oxygens (including phenoxy) is 1. The fourth-order valence-electron chi connectivity index (χ4n) is 2.03. The molecule has 2 aromatic rings. The van der Waals surface area contributed by atoms with Gasteiger partial charge in [-0.1, -0.05) is 0 Å². The average Bonchev–Trinajstić information content (AvgIpc) is 2.59. The van der Waals surface area contributed by atoms with Crippen LogP contribution >= 0.6 is 0 Å². The highest BCUT2D eigenvalue weighted by Crippen LogP contribution is 2.15. The van der Waals surface area contributed by atoms with Gasteiger partial charge in [0.05, 0.1) is 4.92 Å².